The Bertz CT molecular complexity index is 556. The van der Waals surface area contributed by atoms with E-state index in [1.54, 1.807) is 0 Å². The van der Waals surface area contributed by atoms with Gasteiger partial charge in [0.05, 0.1) is 5.54 Å². The molecule has 6 heteroatoms. The molecule has 1 aromatic heterocycles. The Morgan fingerprint density at radius 1 is 1.30 bits per heavy atom. The third-order valence-electron chi connectivity index (χ3n) is 4.20. The topological polar surface area (TPSA) is 54.3 Å². The van der Waals surface area contributed by atoms with Crippen LogP contribution in [-0.2, 0) is 10.3 Å². The lowest BCUT2D eigenvalue weighted by atomic mass is 10.0. The molecule has 130 valence electrons. The van der Waals surface area contributed by atoms with Gasteiger partial charge < -0.3 is 9.80 Å². The van der Waals surface area contributed by atoms with Crippen molar-refractivity contribution in [2.75, 3.05) is 33.7 Å². The number of amides is 1. The maximum Gasteiger partial charge on any atom is 0.223 e. The molecular weight excluding hydrogens is 290 g/mol. The fourth-order valence-corrected chi connectivity index (χ4v) is 2.83. The second-order valence-electron chi connectivity index (χ2n) is 8.11. The predicted octanol–water partition coefficient (Wildman–Crippen LogP) is 2.03. The van der Waals surface area contributed by atoms with E-state index < -0.39 is 0 Å². The van der Waals surface area contributed by atoms with Gasteiger partial charge in [-0.05, 0) is 34.9 Å². The van der Waals surface area contributed by atoms with Gasteiger partial charge in [0.15, 0.2) is 5.82 Å². The van der Waals surface area contributed by atoms with Crippen molar-refractivity contribution in [2.24, 2.45) is 0 Å². The molecular formula is C17H31N5O. The minimum absolute atomic E-state index is 0.129. The smallest absolute Gasteiger partial charge is 0.223 e. The van der Waals surface area contributed by atoms with Gasteiger partial charge in [0.2, 0.25) is 5.91 Å². The van der Waals surface area contributed by atoms with Crippen LogP contribution in [0.15, 0.2) is 0 Å². The largest absolute Gasteiger partial charge is 0.341 e. The molecule has 0 N–H and O–H groups in total. The van der Waals surface area contributed by atoms with Crippen molar-refractivity contribution in [2.45, 2.75) is 58.4 Å². The van der Waals surface area contributed by atoms with E-state index in [1.165, 1.54) is 0 Å². The van der Waals surface area contributed by atoms with E-state index in [9.17, 15) is 4.79 Å². The highest BCUT2D eigenvalue weighted by Gasteiger charge is 2.36. The number of carbonyl (C=O) groups is 1. The molecule has 6 nitrogen and oxygen atoms in total. The zero-order valence-electron chi connectivity index (χ0n) is 15.6. The van der Waals surface area contributed by atoms with Crippen molar-refractivity contribution in [3.05, 3.63) is 11.6 Å². The van der Waals surface area contributed by atoms with Crippen LogP contribution in [0.2, 0.25) is 0 Å². The summed E-state index contributed by atoms with van der Waals surface area (Å²) < 4.78 is 2.02. The summed E-state index contributed by atoms with van der Waals surface area (Å²) in [4.78, 5) is 21.2. The second-order valence-corrected chi connectivity index (χ2v) is 8.11. The molecule has 1 aliphatic rings. The summed E-state index contributed by atoms with van der Waals surface area (Å²) in [5.74, 6) is 2.49. The average molecular weight is 321 g/mol. The van der Waals surface area contributed by atoms with Crippen LogP contribution >= 0.6 is 0 Å². The van der Waals surface area contributed by atoms with Crippen molar-refractivity contribution < 1.29 is 4.79 Å². The third kappa shape index (κ3) is 4.10. The number of hydrogen-bond acceptors (Lipinski definition) is 4. The average Bonchev–Trinajstić information content (AvgIpc) is 2.99. The highest BCUT2D eigenvalue weighted by molar-refractivity contribution is 5.79. The second kappa shape index (κ2) is 6.59. The van der Waals surface area contributed by atoms with Crippen molar-refractivity contribution in [1.82, 2.24) is 24.6 Å². The van der Waals surface area contributed by atoms with Crippen LogP contribution in [-0.4, -0.2) is 64.2 Å². The molecule has 2 rings (SSSR count). The van der Waals surface area contributed by atoms with E-state index in [4.69, 9.17) is 10.1 Å². The first kappa shape index (κ1) is 17.9. The fourth-order valence-electron chi connectivity index (χ4n) is 2.83. The molecule has 0 aliphatic carbocycles. The highest BCUT2D eigenvalue weighted by Crippen LogP contribution is 2.30. The molecule has 2 heterocycles. The number of likely N-dealkylation sites (N-methyl/N-ethyl adjacent to an activating group) is 1. The monoisotopic (exact) mass is 321 g/mol. The van der Waals surface area contributed by atoms with Gasteiger partial charge in [-0.3, -0.25) is 4.79 Å². The molecule has 0 saturated carbocycles. The Kier molecular flexibility index (Phi) is 5.14. The SMILES string of the molecule is CC(C)c1nc(C2CC(=O)N(CCN(C)C)C2)n(C(C)(C)C)n1. The zero-order chi connectivity index (χ0) is 17.4. The number of rotatable bonds is 5. The molecule has 0 aromatic carbocycles. The van der Waals surface area contributed by atoms with Crippen molar-refractivity contribution >= 4 is 5.91 Å². The molecule has 23 heavy (non-hydrogen) atoms. The fraction of sp³-hybridized carbons (Fsp3) is 0.824. The third-order valence-corrected chi connectivity index (χ3v) is 4.20. The normalized spacial score (nSPS) is 19.4. The molecule has 1 fully saturated rings. The van der Waals surface area contributed by atoms with Gasteiger partial charge >= 0.3 is 0 Å². The minimum atomic E-state index is -0.129. The molecule has 1 unspecified atom stereocenters. The van der Waals surface area contributed by atoms with E-state index in [0.717, 1.165) is 31.3 Å². The summed E-state index contributed by atoms with van der Waals surface area (Å²) in [6.45, 7) is 13.0. The number of likely N-dealkylation sites (tertiary alicyclic amines) is 1. The van der Waals surface area contributed by atoms with E-state index in [0.29, 0.717) is 12.3 Å². The van der Waals surface area contributed by atoms with Gasteiger partial charge in [0, 0.05) is 37.9 Å². The highest BCUT2D eigenvalue weighted by atomic mass is 16.2. The standard InChI is InChI=1S/C17H31N5O/c1-12(2)15-18-16(22(19-15)17(3,4)5)13-10-14(23)21(11-13)9-8-20(6)7/h12-13H,8-11H2,1-7H3. The van der Waals surface area contributed by atoms with Crippen LogP contribution in [0.1, 0.15) is 64.5 Å². The Balaban J connectivity index is 2.23. The molecule has 1 aromatic rings. The van der Waals surface area contributed by atoms with Crippen LogP contribution in [0, 0.1) is 0 Å². The quantitative estimate of drug-likeness (QED) is 0.833. The predicted molar refractivity (Wildman–Crippen MR) is 91.6 cm³/mol. The summed E-state index contributed by atoms with van der Waals surface area (Å²) in [5, 5.41) is 4.72. The molecule has 1 amide bonds. The van der Waals surface area contributed by atoms with Crippen molar-refractivity contribution in [3.63, 3.8) is 0 Å². The van der Waals surface area contributed by atoms with E-state index in [1.807, 2.05) is 23.7 Å². The summed E-state index contributed by atoms with van der Waals surface area (Å²) in [5.41, 5.74) is -0.129. The minimum Gasteiger partial charge on any atom is -0.341 e. The van der Waals surface area contributed by atoms with Gasteiger partial charge in [-0.2, -0.15) is 5.10 Å². The molecule has 1 saturated heterocycles. The van der Waals surface area contributed by atoms with E-state index >= 15 is 0 Å². The van der Waals surface area contributed by atoms with Gasteiger partial charge in [-0.25, -0.2) is 9.67 Å². The summed E-state index contributed by atoms with van der Waals surface area (Å²) in [7, 11) is 4.06. The molecule has 0 radical (unpaired) electrons. The van der Waals surface area contributed by atoms with Gasteiger partial charge in [0.25, 0.3) is 0 Å². The van der Waals surface area contributed by atoms with E-state index in [-0.39, 0.29) is 17.4 Å². The van der Waals surface area contributed by atoms with Crippen LogP contribution in [0.3, 0.4) is 0 Å². The Morgan fingerprint density at radius 3 is 2.48 bits per heavy atom. The van der Waals surface area contributed by atoms with Crippen LogP contribution < -0.4 is 0 Å². The number of aromatic nitrogens is 3. The maximum absolute atomic E-state index is 12.3. The number of hydrogen-bond donors (Lipinski definition) is 0. The molecule has 1 atom stereocenters. The lowest BCUT2D eigenvalue weighted by molar-refractivity contribution is -0.127. The van der Waals surface area contributed by atoms with Crippen molar-refractivity contribution in [1.29, 1.82) is 0 Å². The van der Waals surface area contributed by atoms with Gasteiger partial charge in [-0.15, -0.1) is 0 Å². The first-order valence-corrected chi connectivity index (χ1v) is 8.49. The molecule has 1 aliphatic heterocycles. The molecule has 0 bridgehead atoms. The number of nitrogens with zero attached hydrogens (tertiary/aromatic N) is 5. The van der Waals surface area contributed by atoms with Gasteiger partial charge in [-0.1, -0.05) is 13.8 Å². The summed E-state index contributed by atoms with van der Waals surface area (Å²) >= 11 is 0. The first-order valence-electron chi connectivity index (χ1n) is 8.49. The Hall–Kier alpha value is -1.43. The summed E-state index contributed by atoms with van der Waals surface area (Å²) in [6, 6.07) is 0. The summed E-state index contributed by atoms with van der Waals surface area (Å²) in [6.07, 6.45) is 0.541. The lowest BCUT2D eigenvalue weighted by Gasteiger charge is -2.23. The zero-order valence-corrected chi connectivity index (χ0v) is 15.6. The maximum atomic E-state index is 12.3. The number of carbonyl (C=O) groups excluding carboxylic acids is 1. The van der Waals surface area contributed by atoms with E-state index in [2.05, 4.69) is 39.5 Å². The lowest BCUT2D eigenvalue weighted by Crippen LogP contribution is -2.33. The Labute approximate surface area is 139 Å². The molecule has 0 spiro atoms. The van der Waals surface area contributed by atoms with Crippen molar-refractivity contribution in [3.8, 4) is 0 Å². The van der Waals surface area contributed by atoms with Crippen LogP contribution in [0.4, 0.5) is 0 Å². The first-order chi connectivity index (χ1) is 10.6. The van der Waals surface area contributed by atoms with Crippen LogP contribution in [0.5, 0.6) is 0 Å². The Morgan fingerprint density at radius 2 is 1.96 bits per heavy atom. The van der Waals surface area contributed by atoms with Gasteiger partial charge in [0.1, 0.15) is 5.82 Å². The van der Waals surface area contributed by atoms with Crippen LogP contribution in [0.25, 0.3) is 0 Å².